The summed E-state index contributed by atoms with van der Waals surface area (Å²) in [5.41, 5.74) is 5.76. The number of rotatable bonds is 7. The first kappa shape index (κ1) is 15.9. The van der Waals surface area contributed by atoms with Crippen molar-refractivity contribution in [3.05, 3.63) is 0 Å². The molecule has 0 radical (unpaired) electrons. The van der Waals surface area contributed by atoms with E-state index in [1.807, 2.05) is 27.7 Å². The zero-order valence-corrected chi connectivity index (χ0v) is 11.2. The Morgan fingerprint density at radius 1 is 1.24 bits per heavy atom. The molecule has 5 nitrogen and oxygen atoms in total. The van der Waals surface area contributed by atoms with Crippen LogP contribution >= 0.6 is 0 Å². The van der Waals surface area contributed by atoms with Gasteiger partial charge in [-0.15, -0.1) is 0 Å². The van der Waals surface area contributed by atoms with E-state index in [9.17, 15) is 9.59 Å². The van der Waals surface area contributed by atoms with Gasteiger partial charge in [-0.3, -0.25) is 9.59 Å². The number of amides is 2. The van der Waals surface area contributed by atoms with Crippen LogP contribution in [-0.4, -0.2) is 30.4 Å². The molecule has 0 aromatic heterocycles. The molecule has 0 saturated carbocycles. The quantitative estimate of drug-likeness (QED) is 0.605. The van der Waals surface area contributed by atoms with E-state index >= 15 is 0 Å². The van der Waals surface area contributed by atoms with Crippen LogP contribution in [-0.2, 0) is 9.59 Å². The minimum atomic E-state index is -0.492. The van der Waals surface area contributed by atoms with Crippen LogP contribution in [0, 0.1) is 5.92 Å². The van der Waals surface area contributed by atoms with E-state index in [0.717, 1.165) is 6.42 Å². The Hall–Kier alpha value is -1.10. The molecule has 0 spiro atoms. The second-order valence-electron chi connectivity index (χ2n) is 4.67. The molecule has 0 heterocycles. The van der Waals surface area contributed by atoms with Crippen LogP contribution < -0.4 is 16.4 Å². The van der Waals surface area contributed by atoms with Gasteiger partial charge in [-0.25, -0.2) is 0 Å². The van der Waals surface area contributed by atoms with E-state index in [1.54, 1.807) is 0 Å². The van der Waals surface area contributed by atoms with Gasteiger partial charge in [-0.05, 0) is 19.8 Å². The lowest BCUT2D eigenvalue weighted by atomic mass is 9.99. The molecule has 0 aliphatic heterocycles. The van der Waals surface area contributed by atoms with E-state index in [0.29, 0.717) is 6.54 Å². The summed E-state index contributed by atoms with van der Waals surface area (Å²) < 4.78 is 0. The second kappa shape index (κ2) is 8.06. The molecule has 4 N–H and O–H groups in total. The Bertz CT molecular complexity index is 254. The van der Waals surface area contributed by atoms with Gasteiger partial charge in [0.25, 0.3) is 0 Å². The average Bonchev–Trinajstić information content (AvgIpc) is 2.25. The van der Waals surface area contributed by atoms with Crippen LogP contribution in [0.1, 0.15) is 40.5 Å². The molecule has 0 aliphatic rings. The first-order valence-electron chi connectivity index (χ1n) is 6.21. The lowest BCUT2D eigenvalue weighted by Gasteiger charge is -2.17. The van der Waals surface area contributed by atoms with Crippen LogP contribution in [0.2, 0.25) is 0 Å². The summed E-state index contributed by atoms with van der Waals surface area (Å²) in [6.07, 6.45) is 1.15. The minimum Gasteiger partial charge on any atom is -0.354 e. The normalized spacial score (nSPS) is 14.2. The summed E-state index contributed by atoms with van der Waals surface area (Å²) in [6, 6.07) is -0.367. The Labute approximate surface area is 104 Å². The van der Waals surface area contributed by atoms with E-state index in [4.69, 9.17) is 5.73 Å². The number of carbonyl (C=O) groups excluding carboxylic acids is 2. The minimum absolute atomic E-state index is 0.0580. The van der Waals surface area contributed by atoms with Crippen molar-refractivity contribution >= 4 is 11.8 Å². The number of hydrogen-bond acceptors (Lipinski definition) is 3. The van der Waals surface area contributed by atoms with Crippen molar-refractivity contribution in [3.63, 3.8) is 0 Å². The highest BCUT2D eigenvalue weighted by atomic mass is 16.2. The molecule has 0 aliphatic carbocycles. The smallest absolute Gasteiger partial charge is 0.237 e. The van der Waals surface area contributed by atoms with Gasteiger partial charge in [-0.2, -0.15) is 0 Å². The van der Waals surface area contributed by atoms with Crippen molar-refractivity contribution in [2.45, 2.75) is 52.6 Å². The lowest BCUT2D eigenvalue weighted by Crippen LogP contribution is -2.45. The zero-order valence-electron chi connectivity index (χ0n) is 11.2. The van der Waals surface area contributed by atoms with Crippen molar-refractivity contribution in [1.82, 2.24) is 10.6 Å². The Morgan fingerprint density at radius 3 is 2.29 bits per heavy atom. The molecule has 0 rings (SSSR count). The summed E-state index contributed by atoms with van der Waals surface area (Å²) in [7, 11) is 0. The molecule has 2 atom stereocenters. The van der Waals surface area contributed by atoms with Gasteiger partial charge in [0.15, 0.2) is 0 Å². The highest BCUT2D eigenvalue weighted by Crippen LogP contribution is 2.04. The second-order valence-corrected chi connectivity index (χ2v) is 4.67. The zero-order chi connectivity index (χ0) is 13.4. The van der Waals surface area contributed by atoms with Crippen LogP contribution in [0.5, 0.6) is 0 Å². The van der Waals surface area contributed by atoms with Gasteiger partial charge < -0.3 is 16.4 Å². The molecule has 100 valence electrons. The standard InChI is InChI=1S/C12H25N3O2/c1-5-9(4)11(13)12(17)14-7-6-10(16)15-8(2)3/h8-9,11H,5-7,13H2,1-4H3,(H,14,17)(H,15,16). The van der Waals surface area contributed by atoms with Crippen LogP contribution in [0.15, 0.2) is 0 Å². The Morgan fingerprint density at radius 2 is 1.82 bits per heavy atom. The third-order valence-corrected chi connectivity index (χ3v) is 2.66. The van der Waals surface area contributed by atoms with Gasteiger partial charge in [0, 0.05) is 19.0 Å². The molecule has 0 fully saturated rings. The van der Waals surface area contributed by atoms with Crippen LogP contribution in [0.4, 0.5) is 0 Å². The molecule has 17 heavy (non-hydrogen) atoms. The first-order valence-corrected chi connectivity index (χ1v) is 6.21. The van der Waals surface area contributed by atoms with Gasteiger partial charge in [0.2, 0.25) is 11.8 Å². The Kier molecular flexibility index (Phi) is 7.54. The van der Waals surface area contributed by atoms with E-state index < -0.39 is 6.04 Å². The highest BCUT2D eigenvalue weighted by Gasteiger charge is 2.18. The highest BCUT2D eigenvalue weighted by molar-refractivity contribution is 5.82. The molecular formula is C12H25N3O2. The topological polar surface area (TPSA) is 84.2 Å². The van der Waals surface area contributed by atoms with E-state index in [1.165, 1.54) is 0 Å². The van der Waals surface area contributed by atoms with Crippen LogP contribution in [0.3, 0.4) is 0 Å². The van der Waals surface area contributed by atoms with Gasteiger partial charge in [0.1, 0.15) is 0 Å². The molecule has 5 heteroatoms. The summed E-state index contributed by atoms with van der Waals surface area (Å²) in [5, 5.41) is 5.44. The van der Waals surface area contributed by atoms with Crippen molar-refractivity contribution < 1.29 is 9.59 Å². The van der Waals surface area contributed by atoms with Gasteiger partial charge in [0.05, 0.1) is 6.04 Å². The monoisotopic (exact) mass is 243 g/mol. The predicted octanol–water partition coefficient (Wildman–Crippen LogP) is 0.391. The van der Waals surface area contributed by atoms with Crippen molar-refractivity contribution in [2.75, 3.05) is 6.54 Å². The Balaban J connectivity index is 3.82. The fraction of sp³-hybridized carbons (Fsp3) is 0.833. The first-order chi connectivity index (χ1) is 7.88. The number of nitrogens with one attached hydrogen (secondary N) is 2. The summed E-state index contributed by atoms with van der Waals surface area (Å²) in [6.45, 7) is 8.07. The van der Waals surface area contributed by atoms with Crippen LogP contribution in [0.25, 0.3) is 0 Å². The lowest BCUT2D eigenvalue weighted by molar-refractivity contribution is -0.124. The van der Waals surface area contributed by atoms with E-state index in [2.05, 4.69) is 10.6 Å². The number of nitrogens with two attached hydrogens (primary N) is 1. The number of hydrogen-bond donors (Lipinski definition) is 3. The van der Waals surface area contributed by atoms with Crippen molar-refractivity contribution in [2.24, 2.45) is 11.7 Å². The van der Waals surface area contributed by atoms with Crippen molar-refractivity contribution in [1.29, 1.82) is 0 Å². The summed E-state index contributed by atoms with van der Waals surface area (Å²) >= 11 is 0. The maximum absolute atomic E-state index is 11.6. The summed E-state index contributed by atoms with van der Waals surface area (Å²) in [5.74, 6) is -0.0893. The van der Waals surface area contributed by atoms with E-state index in [-0.39, 0.29) is 30.2 Å². The maximum Gasteiger partial charge on any atom is 0.237 e. The maximum atomic E-state index is 11.6. The molecule has 0 bridgehead atoms. The third kappa shape index (κ3) is 6.94. The fourth-order valence-electron chi connectivity index (χ4n) is 1.32. The van der Waals surface area contributed by atoms with Crippen molar-refractivity contribution in [3.8, 4) is 0 Å². The molecule has 0 saturated heterocycles. The molecule has 0 aromatic rings. The average molecular weight is 243 g/mol. The van der Waals surface area contributed by atoms with Gasteiger partial charge >= 0.3 is 0 Å². The number of carbonyl (C=O) groups is 2. The van der Waals surface area contributed by atoms with Gasteiger partial charge in [-0.1, -0.05) is 20.3 Å². The largest absolute Gasteiger partial charge is 0.354 e. The molecule has 2 unspecified atom stereocenters. The molecule has 2 amide bonds. The molecular weight excluding hydrogens is 218 g/mol. The predicted molar refractivity (Wildman–Crippen MR) is 68.3 cm³/mol. The summed E-state index contributed by atoms with van der Waals surface area (Å²) in [4.78, 5) is 22.9. The SMILES string of the molecule is CCC(C)C(N)C(=O)NCCC(=O)NC(C)C. The fourth-order valence-corrected chi connectivity index (χ4v) is 1.32. The third-order valence-electron chi connectivity index (χ3n) is 2.66. The molecule has 0 aromatic carbocycles.